The van der Waals surface area contributed by atoms with E-state index in [1.54, 1.807) is 6.20 Å². The molecule has 0 saturated carbocycles. The lowest BCUT2D eigenvalue weighted by molar-refractivity contribution is 0.0148. The molecule has 1 unspecified atom stereocenters. The molecule has 4 nitrogen and oxygen atoms in total. The van der Waals surface area contributed by atoms with Gasteiger partial charge in [0.05, 0.1) is 12.0 Å². The van der Waals surface area contributed by atoms with Crippen LogP contribution in [0, 0.1) is 6.92 Å². The Kier molecular flexibility index (Phi) is 4.88. The molecular weight excluding hydrogens is 288 g/mol. The molecule has 20 heavy (non-hydrogen) atoms. The average molecular weight is 304 g/mol. The van der Waals surface area contributed by atoms with E-state index in [9.17, 15) is 8.78 Å². The molecule has 7 heteroatoms. The Morgan fingerprint density at radius 2 is 2.20 bits per heavy atom. The van der Waals surface area contributed by atoms with Gasteiger partial charge in [-0.15, -0.1) is 11.6 Å². The summed E-state index contributed by atoms with van der Waals surface area (Å²) in [5.74, 6) is 0.670. The zero-order valence-corrected chi connectivity index (χ0v) is 12.1. The highest BCUT2D eigenvalue weighted by molar-refractivity contribution is 6.20. The summed E-state index contributed by atoms with van der Waals surface area (Å²) in [6.07, 6.45) is -0.764. The molecule has 0 saturated heterocycles. The molecule has 0 aliphatic heterocycles. The number of pyridine rings is 1. The standard InChI is InChI=1S/C13H16ClF2N3O/c1-8-3-4-17-13-11(8)18-12(9(2)14)19(13)5-6-20-7-10(15)16/h3-4,9-10H,5-7H2,1-2H3. The molecule has 110 valence electrons. The van der Waals surface area contributed by atoms with Crippen molar-refractivity contribution < 1.29 is 13.5 Å². The lowest BCUT2D eigenvalue weighted by atomic mass is 10.3. The van der Waals surface area contributed by atoms with Gasteiger partial charge >= 0.3 is 0 Å². The topological polar surface area (TPSA) is 39.9 Å². The second-order valence-corrected chi connectivity index (χ2v) is 5.16. The largest absolute Gasteiger partial charge is 0.374 e. The molecule has 0 spiro atoms. The van der Waals surface area contributed by atoms with E-state index in [0.29, 0.717) is 18.0 Å². The summed E-state index contributed by atoms with van der Waals surface area (Å²) in [5.41, 5.74) is 2.48. The Labute approximate surface area is 120 Å². The molecule has 0 amide bonds. The predicted octanol–water partition coefficient (Wildman–Crippen LogP) is 3.32. The first-order valence-electron chi connectivity index (χ1n) is 6.32. The van der Waals surface area contributed by atoms with E-state index in [0.717, 1.165) is 11.1 Å². The quantitative estimate of drug-likeness (QED) is 0.607. The normalized spacial score (nSPS) is 13.3. The average Bonchev–Trinajstić information content (AvgIpc) is 2.75. The molecule has 0 fully saturated rings. The van der Waals surface area contributed by atoms with Crippen molar-refractivity contribution in [3.63, 3.8) is 0 Å². The van der Waals surface area contributed by atoms with E-state index in [1.165, 1.54) is 0 Å². The zero-order valence-electron chi connectivity index (χ0n) is 11.3. The molecule has 0 radical (unpaired) electrons. The zero-order chi connectivity index (χ0) is 14.7. The van der Waals surface area contributed by atoms with Crippen molar-refractivity contribution in [3.8, 4) is 0 Å². The maximum Gasteiger partial charge on any atom is 0.261 e. The third-order valence-corrected chi connectivity index (χ3v) is 3.12. The minimum Gasteiger partial charge on any atom is -0.374 e. The molecule has 0 aromatic carbocycles. The van der Waals surface area contributed by atoms with Crippen LogP contribution in [-0.4, -0.2) is 34.2 Å². The number of aryl methyl sites for hydroxylation is 1. The van der Waals surface area contributed by atoms with Crippen molar-refractivity contribution in [3.05, 3.63) is 23.7 Å². The number of hydrogen-bond acceptors (Lipinski definition) is 3. The minimum atomic E-state index is -2.46. The highest BCUT2D eigenvalue weighted by atomic mass is 35.5. The number of rotatable bonds is 6. The molecule has 1 atom stereocenters. The van der Waals surface area contributed by atoms with Crippen LogP contribution in [-0.2, 0) is 11.3 Å². The van der Waals surface area contributed by atoms with Gasteiger partial charge in [0.1, 0.15) is 17.9 Å². The van der Waals surface area contributed by atoms with E-state index >= 15 is 0 Å². The first-order chi connectivity index (χ1) is 9.50. The Hall–Kier alpha value is -1.27. The van der Waals surface area contributed by atoms with E-state index in [-0.39, 0.29) is 12.0 Å². The molecule has 2 aromatic heterocycles. The van der Waals surface area contributed by atoms with Gasteiger partial charge in [-0.2, -0.15) is 0 Å². The first-order valence-corrected chi connectivity index (χ1v) is 6.76. The molecule has 2 aromatic rings. The van der Waals surface area contributed by atoms with Gasteiger partial charge in [0.2, 0.25) is 0 Å². The fourth-order valence-electron chi connectivity index (χ4n) is 2.01. The Morgan fingerprint density at radius 3 is 2.85 bits per heavy atom. The summed E-state index contributed by atoms with van der Waals surface area (Å²) in [6.45, 7) is 3.75. The van der Waals surface area contributed by atoms with Crippen molar-refractivity contribution in [2.75, 3.05) is 13.2 Å². The second kappa shape index (κ2) is 6.45. The molecule has 0 aliphatic rings. The van der Waals surface area contributed by atoms with E-state index in [1.807, 2.05) is 24.5 Å². The molecule has 0 aliphatic carbocycles. The molecule has 2 heterocycles. The SMILES string of the molecule is Cc1ccnc2c1nc(C(C)Cl)n2CCOCC(F)F. The van der Waals surface area contributed by atoms with Crippen LogP contribution in [0.5, 0.6) is 0 Å². The van der Waals surface area contributed by atoms with Crippen LogP contribution in [0.15, 0.2) is 12.3 Å². The third kappa shape index (κ3) is 3.24. The number of alkyl halides is 3. The maximum atomic E-state index is 12.0. The first kappa shape index (κ1) is 15.1. The highest BCUT2D eigenvalue weighted by Crippen LogP contribution is 2.24. The summed E-state index contributed by atoms with van der Waals surface area (Å²) in [6, 6.07) is 1.87. The van der Waals surface area contributed by atoms with Crippen molar-refractivity contribution in [1.29, 1.82) is 0 Å². The third-order valence-electron chi connectivity index (χ3n) is 2.92. The van der Waals surface area contributed by atoms with Gasteiger partial charge in [-0.3, -0.25) is 0 Å². The monoisotopic (exact) mass is 303 g/mol. The maximum absolute atomic E-state index is 12.0. The van der Waals surface area contributed by atoms with Gasteiger partial charge < -0.3 is 9.30 Å². The van der Waals surface area contributed by atoms with Crippen LogP contribution in [0.3, 0.4) is 0 Å². The number of halogens is 3. The van der Waals surface area contributed by atoms with Gasteiger partial charge in [0.15, 0.2) is 5.65 Å². The van der Waals surface area contributed by atoms with Crippen molar-refractivity contribution in [2.45, 2.75) is 32.2 Å². The molecule has 0 N–H and O–H groups in total. The van der Waals surface area contributed by atoms with Crippen LogP contribution >= 0.6 is 11.6 Å². The van der Waals surface area contributed by atoms with Crippen molar-refractivity contribution in [1.82, 2.24) is 14.5 Å². The van der Waals surface area contributed by atoms with E-state index in [4.69, 9.17) is 16.3 Å². The number of ether oxygens (including phenoxy) is 1. The highest BCUT2D eigenvalue weighted by Gasteiger charge is 2.17. The van der Waals surface area contributed by atoms with Gasteiger partial charge in [0.25, 0.3) is 6.43 Å². The molecular formula is C13H16ClF2N3O. The fourth-order valence-corrected chi connectivity index (χ4v) is 2.17. The fraction of sp³-hybridized carbons (Fsp3) is 0.538. The van der Waals surface area contributed by atoms with Crippen LogP contribution in [0.1, 0.15) is 23.7 Å². The van der Waals surface area contributed by atoms with Crippen LogP contribution in [0.4, 0.5) is 8.78 Å². The van der Waals surface area contributed by atoms with Crippen molar-refractivity contribution >= 4 is 22.8 Å². The summed E-state index contributed by atoms with van der Waals surface area (Å²) in [7, 11) is 0. The second-order valence-electron chi connectivity index (χ2n) is 4.50. The summed E-state index contributed by atoms with van der Waals surface area (Å²) < 4.78 is 30.8. The van der Waals surface area contributed by atoms with Gasteiger partial charge in [-0.1, -0.05) is 0 Å². The number of fused-ring (bicyclic) bond motifs is 1. The summed E-state index contributed by atoms with van der Waals surface area (Å²) >= 11 is 6.12. The Balaban J connectivity index is 2.25. The summed E-state index contributed by atoms with van der Waals surface area (Å²) in [5, 5.41) is -0.293. The number of imidazole rings is 1. The lowest BCUT2D eigenvalue weighted by Gasteiger charge is -2.10. The van der Waals surface area contributed by atoms with Crippen LogP contribution in [0.2, 0.25) is 0 Å². The summed E-state index contributed by atoms with van der Waals surface area (Å²) in [4.78, 5) is 8.79. The number of hydrogen-bond donors (Lipinski definition) is 0. The smallest absolute Gasteiger partial charge is 0.261 e. The van der Waals surface area contributed by atoms with Crippen LogP contribution in [0.25, 0.3) is 11.2 Å². The van der Waals surface area contributed by atoms with Crippen LogP contribution < -0.4 is 0 Å². The minimum absolute atomic E-state index is 0.169. The Morgan fingerprint density at radius 1 is 1.45 bits per heavy atom. The Bertz CT molecular complexity index is 586. The van der Waals surface area contributed by atoms with E-state index < -0.39 is 13.0 Å². The van der Waals surface area contributed by atoms with Crippen molar-refractivity contribution in [2.24, 2.45) is 0 Å². The lowest BCUT2D eigenvalue weighted by Crippen LogP contribution is -2.13. The number of aromatic nitrogens is 3. The van der Waals surface area contributed by atoms with Gasteiger partial charge in [-0.25, -0.2) is 18.7 Å². The van der Waals surface area contributed by atoms with E-state index in [2.05, 4.69) is 9.97 Å². The molecule has 0 bridgehead atoms. The molecule has 2 rings (SSSR count). The number of nitrogens with zero attached hydrogens (tertiary/aromatic N) is 3. The van der Waals surface area contributed by atoms with Gasteiger partial charge in [0, 0.05) is 12.7 Å². The van der Waals surface area contributed by atoms with Gasteiger partial charge in [-0.05, 0) is 25.5 Å². The predicted molar refractivity (Wildman–Crippen MR) is 73.4 cm³/mol.